The van der Waals surface area contributed by atoms with Crippen LogP contribution in [0.1, 0.15) is 0 Å². The van der Waals surface area contributed by atoms with Crippen molar-refractivity contribution in [1.82, 2.24) is 4.98 Å². The predicted octanol–water partition coefficient (Wildman–Crippen LogP) is 1.91. The maximum Gasteiger partial charge on any atom is 0.162 e. The van der Waals surface area contributed by atoms with Gasteiger partial charge in [-0.1, -0.05) is 34.8 Å². The Morgan fingerprint density at radius 1 is 1.17 bits per heavy atom. The number of nitrogens with one attached hydrogen (secondary N) is 1. The van der Waals surface area contributed by atoms with Crippen LogP contribution in [0.2, 0.25) is 15.2 Å². The predicted molar refractivity (Wildman–Crippen MR) is 51.5 cm³/mol. The van der Waals surface area contributed by atoms with E-state index in [2.05, 4.69) is 10.4 Å². The van der Waals surface area contributed by atoms with E-state index in [1.54, 1.807) is 0 Å². The Morgan fingerprint density at radius 3 is 2.25 bits per heavy atom. The molecule has 1 rings (SSSR count). The van der Waals surface area contributed by atoms with Gasteiger partial charge in [0, 0.05) is 0 Å². The quantitative estimate of drug-likeness (QED) is 0.389. The second kappa shape index (κ2) is 3.53. The van der Waals surface area contributed by atoms with E-state index in [0.717, 1.165) is 0 Å². The Labute approximate surface area is 83.8 Å². The van der Waals surface area contributed by atoms with Gasteiger partial charge >= 0.3 is 0 Å². The molecule has 0 amide bonds. The average Bonchev–Trinajstić information content (AvgIpc) is 2.08. The van der Waals surface area contributed by atoms with E-state index in [9.17, 15) is 0 Å². The number of aromatic nitrogens is 1. The van der Waals surface area contributed by atoms with Gasteiger partial charge in [-0.3, -0.25) is 0 Å². The van der Waals surface area contributed by atoms with Gasteiger partial charge in [-0.05, 0) is 0 Å². The first-order valence-electron chi connectivity index (χ1n) is 2.84. The molecule has 5 N–H and O–H groups in total. The van der Waals surface area contributed by atoms with Gasteiger partial charge in [0.15, 0.2) is 11.0 Å². The SMILES string of the molecule is NNc1nc(Cl)c(Cl)c(N)c1Cl. The van der Waals surface area contributed by atoms with Crippen molar-refractivity contribution in [2.45, 2.75) is 0 Å². The molecule has 4 nitrogen and oxygen atoms in total. The number of nitrogens with zero attached hydrogens (tertiary/aromatic N) is 1. The summed E-state index contributed by atoms with van der Waals surface area (Å²) in [5.41, 5.74) is 7.87. The lowest BCUT2D eigenvalue weighted by Gasteiger charge is -2.07. The van der Waals surface area contributed by atoms with Crippen LogP contribution in [0.5, 0.6) is 0 Å². The first-order chi connectivity index (χ1) is 5.57. The smallest absolute Gasteiger partial charge is 0.162 e. The molecule has 0 aliphatic carbocycles. The number of hydrogen-bond acceptors (Lipinski definition) is 4. The van der Waals surface area contributed by atoms with Crippen molar-refractivity contribution in [3.63, 3.8) is 0 Å². The third-order valence-electron chi connectivity index (χ3n) is 1.21. The summed E-state index contributed by atoms with van der Waals surface area (Å²) >= 11 is 16.9. The monoisotopic (exact) mass is 226 g/mol. The lowest BCUT2D eigenvalue weighted by molar-refractivity contribution is 1.23. The second-order valence-corrected chi connectivity index (χ2v) is 3.05. The topological polar surface area (TPSA) is 77.0 Å². The van der Waals surface area contributed by atoms with Crippen molar-refractivity contribution in [2.24, 2.45) is 5.84 Å². The standard InChI is InChI=1S/C5H5Cl3N4/c6-1-3(9)2(7)5(12-10)11-4(1)8/h10H2,(H3,9,11,12). The summed E-state index contributed by atoms with van der Waals surface area (Å²) in [5, 5.41) is 0.346. The molecule has 1 heterocycles. The minimum atomic E-state index is 0.0616. The minimum absolute atomic E-state index is 0.0616. The molecule has 0 saturated heterocycles. The van der Waals surface area contributed by atoms with Crippen LogP contribution in [0.25, 0.3) is 0 Å². The van der Waals surface area contributed by atoms with Crippen LogP contribution in [-0.2, 0) is 0 Å². The number of hydrazine groups is 1. The van der Waals surface area contributed by atoms with Crippen LogP contribution in [0.15, 0.2) is 0 Å². The molecular weight excluding hydrogens is 222 g/mol. The molecule has 0 aliphatic heterocycles. The fraction of sp³-hybridized carbons (Fsp3) is 0. The lowest BCUT2D eigenvalue weighted by Crippen LogP contribution is -2.10. The molecule has 1 aromatic heterocycles. The highest BCUT2D eigenvalue weighted by atomic mass is 35.5. The summed E-state index contributed by atoms with van der Waals surface area (Å²) in [7, 11) is 0. The highest BCUT2D eigenvalue weighted by molar-refractivity contribution is 6.46. The van der Waals surface area contributed by atoms with E-state index in [-0.39, 0.29) is 26.7 Å². The Hall–Kier alpha value is -0.420. The lowest BCUT2D eigenvalue weighted by atomic mass is 10.4. The zero-order valence-corrected chi connectivity index (χ0v) is 8.00. The van der Waals surface area contributed by atoms with Gasteiger partial charge in [0.2, 0.25) is 0 Å². The van der Waals surface area contributed by atoms with Crippen LogP contribution in [0.4, 0.5) is 11.5 Å². The van der Waals surface area contributed by atoms with Crippen LogP contribution < -0.4 is 17.0 Å². The number of anilines is 2. The maximum absolute atomic E-state index is 5.70. The first kappa shape index (κ1) is 9.67. The molecule has 0 fully saturated rings. The van der Waals surface area contributed by atoms with E-state index in [4.69, 9.17) is 46.4 Å². The van der Waals surface area contributed by atoms with Crippen molar-refractivity contribution in [2.75, 3.05) is 11.2 Å². The Morgan fingerprint density at radius 2 is 1.75 bits per heavy atom. The van der Waals surface area contributed by atoms with Gasteiger partial charge in [-0.15, -0.1) is 0 Å². The fourth-order valence-corrected chi connectivity index (χ4v) is 1.19. The highest BCUT2D eigenvalue weighted by Crippen LogP contribution is 2.36. The number of rotatable bonds is 1. The molecule has 0 bridgehead atoms. The van der Waals surface area contributed by atoms with E-state index >= 15 is 0 Å². The molecule has 7 heteroatoms. The van der Waals surface area contributed by atoms with Crippen LogP contribution in [0, 0.1) is 0 Å². The molecular formula is C5H5Cl3N4. The first-order valence-corrected chi connectivity index (χ1v) is 3.98. The molecule has 0 atom stereocenters. The Balaban J connectivity index is 3.39. The zero-order valence-electron chi connectivity index (χ0n) is 5.74. The van der Waals surface area contributed by atoms with Gasteiger partial charge in [0.1, 0.15) is 10.0 Å². The summed E-state index contributed by atoms with van der Waals surface area (Å²) < 4.78 is 0. The van der Waals surface area contributed by atoms with Crippen LogP contribution >= 0.6 is 34.8 Å². The van der Waals surface area contributed by atoms with Crippen molar-refractivity contribution in [3.05, 3.63) is 15.2 Å². The van der Waals surface area contributed by atoms with Gasteiger partial charge < -0.3 is 11.2 Å². The summed E-state index contributed by atoms with van der Waals surface area (Å²) in [6, 6.07) is 0. The molecule has 66 valence electrons. The van der Waals surface area contributed by atoms with Crippen LogP contribution in [-0.4, -0.2) is 4.98 Å². The highest BCUT2D eigenvalue weighted by Gasteiger charge is 2.12. The Bertz CT molecular complexity index is 314. The minimum Gasteiger partial charge on any atom is -0.396 e. The number of pyridine rings is 1. The third kappa shape index (κ3) is 1.51. The van der Waals surface area contributed by atoms with Gasteiger partial charge in [-0.2, -0.15) is 0 Å². The molecule has 0 radical (unpaired) electrons. The molecule has 0 unspecified atom stereocenters. The molecule has 0 aliphatic rings. The summed E-state index contributed by atoms with van der Waals surface area (Å²) in [4.78, 5) is 3.74. The number of nitrogen functional groups attached to an aromatic ring is 2. The van der Waals surface area contributed by atoms with Crippen molar-refractivity contribution < 1.29 is 0 Å². The van der Waals surface area contributed by atoms with E-state index in [1.165, 1.54) is 0 Å². The molecule has 12 heavy (non-hydrogen) atoms. The van der Waals surface area contributed by atoms with E-state index in [0.29, 0.717) is 0 Å². The van der Waals surface area contributed by atoms with Crippen molar-refractivity contribution >= 4 is 46.3 Å². The number of hydrogen-bond donors (Lipinski definition) is 3. The normalized spacial score (nSPS) is 10.0. The molecule has 0 aromatic carbocycles. The Kier molecular flexibility index (Phi) is 2.85. The number of nitrogens with two attached hydrogens (primary N) is 2. The van der Waals surface area contributed by atoms with Crippen LogP contribution in [0.3, 0.4) is 0 Å². The van der Waals surface area contributed by atoms with Gasteiger partial charge in [-0.25, -0.2) is 10.8 Å². The zero-order chi connectivity index (χ0) is 9.30. The number of halogens is 3. The van der Waals surface area contributed by atoms with Gasteiger partial charge in [0.25, 0.3) is 0 Å². The summed E-state index contributed by atoms with van der Waals surface area (Å²) in [5.74, 6) is 5.28. The van der Waals surface area contributed by atoms with E-state index in [1.807, 2.05) is 0 Å². The second-order valence-electron chi connectivity index (χ2n) is 1.94. The third-order valence-corrected chi connectivity index (χ3v) is 2.34. The molecule has 0 saturated carbocycles. The molecule has 0 spiro atoms. The van der Waals surface area contributed by atoms with Crippen molar-refractivity contribution in [3.8, 4) is 0 Å². The molecule has 1 aromatic rings. The largest absolute Gasteiger partial charge is 0.396 e. The summed E-state index contributed by atoms with van der Waals surface area (Å²) in [6.07, 6.45) is 0. The fourth-order valence-electron chi connectivity index (χ4n) is 0.627. The average molecular weight is 227 g/mol. The van der Waals surface area contributed by atoms with E-state index < -0.39 is 0 Å². The maximum atomic E-state index is 5.70. The van der Waals surface area contributed by atoms with Gasteiger partial charge in [0.05, 0.1) is 5.69 Å². The summed E-state index contributed by atoms with van der Waals surface area (Å²) in [6.45, 7) is 0. The van der Waals surface area contributed by atoms with Crippen molar-refractivity contribution in [1.29, 1.82) is 0 Å².